The van der Waals surface area contributed by atoms with Crippen molar-refractivity contribution in [2.45, 2.75) is 11.0 Å². The van der Waals surface area contributed by atoms with Gasteiger partial charge < -0.3 is 5.11 Å². The second-order valence-electron chi connectivity index (χ2n) is 3.05. The molecule has 15 heavy (non-hydrogen) atoms. The molecule has 0 fully saturated rings. The van der Waals surface area contributed by atoms with Crippen molar-refractivity contribution in [2.75, 3.05) is 6.26 Å². The molecule has 1 N–H and O–H groups in total. The zero-order valence-corrected chi connectivity index (χ0v) is 9.89. The van der Waals surface area contributed by atoms with Gasteiger partial charge in [-0.2, -0.15) is 0 Å². The third kappa shape index (κ3) is 2.40. The summed E-state index contributed by atoms with van der Waals surface area (Å²) >= 11 is 3.16. The first-order valence-electron chi connectivity index (χ1n) is 4.52. The normalized spacial score (nSPS) is 12.7. The topological polar surface area (TPSA) is 33.1 Å². The van der Waals surface area contributed by atoms with Crippen LogP contribution in [0.3, 0.4) is 0 Å². The maximum atomic E-state index is 9.99. The zero-order chi connectivity index (χ0) is 10.7. The Hall–Kier alpha value is -0.840. The fourth-order valence-corrected chi connectivity index (χ4v) is 2.35. The van der Waals surface area contributed by atoms with Gasteiger partial charge in [-0.05, 0) is 24.0 Å². The molecule has 0 aliphatic heterocycles. The molecular weight excluding hydrogens is 226 g/mol. The molecule has 0 spiro atoms. The minimum Gasteiger partial charge on any atom is -0.381 e. The van der Waals surface area contributed by atoms with Crippen LogP contribution in [0.1, 0.15) is 16.7 Å². The number of aliphatic hydroxyl groups excluding tert-OH is 1. The molecule has 1 aromatic heterocycles. The zero-order valence-electron chi connectivity index (χ0n) is 8.25. The van der Waals surface area contributed by atoms with Crippen LogP contribution in [0.5, 0.6) is 0 Å². The molecular formula is C11H11NOS2. The van der Waals surface area contributed by atoms with Gasteiger partial charge in [0.1, 0.15) is 11.1 Å². The van der Waals surface area contributed by atoms with Crippen molar-refractivity contribution in [3.05, 3.63) is 46.4 Å². The Bertz CT molecular complexity index is 411. The smallest absolute Gasteiger partial charge is 0.131 e. The maximum Gasteiger partial charge on any atom is 0.131 e. The second kappa shape index (κ2) is 4.79. The van der Waals surface area contributed by atoms with Gasteiger partial charge in [0.05, 0.1) is 0 Å². The van der Waals surface area contributed by atoms with Crippen LogP contribution in [-0.2, 0) is 0 Å². The van der Waals surface area contributed by atoms with E-state index in [1.54, 1.807) is 18.0 Å². The van der Waals surface area contributed by atoms with Crippen molar-refractivity contribution in [2.24, 2.45) is 0 Å². The second-order valence-corrected chi connectivity index (χ2v) is 4.85. The molecule has 1 atom stereocenters. The van der Waals surface area contributed by atoms with Crippen LogP contribution in [0.2, 0.25) is 0 Å². The van der Waals surface area contributed by atoms with Crippen molar-refractivity contribution in [1.29, 1.82) is 0 Å². The molecule has 0 saturated carbocycles. The highest BCUT2D eigenvalue weighted by Crippen LogP contribution is 2.25. The molecule has 1 aromatic carbocycles. The Labute approximate surface area is 97.0 Å². The van der Waals surface area contributed by atoms with Gasteiger partial charge in [0.25, 0.3) is 0 Å². The Morgan fingerprint density at radius 1 is 1.33 bits per heavy atom. The number of thioether (sulfide) groups is 1. The number of rotatable bonds is 3. The lowest BCUT2D eigenvalue weighted by molar-refractivity contribution is 0.219. The Balaban J connectivity index is 2.22. The molecule has 0 radical (unpaired) electrons. The molecule has 2 nitrogen and oxygen atoms in total. The van der Waals surface area contributed by atoms with E-state index in [2.05, 4.69) is 4.98 Å². The number of aliphatic hydroxyl groups is 1. The van der Waals surface area contributed by atoms with Gasteiger partial charge >= 0.3 is 0 Å². The summed E-state index contributed by atoms with van der Waals surface area (Å²) in [5, 5.41) is 12.6. The summed E-state index contributed by atoms with van der Waals surface area (Å²) in [6.07, 6.45) is 3.15. The summed E-state index contributed by atoms with van der Waals surface area (Å²) in [7, 11) is 0. The molecule has 0 aliphatic carbocycles. The van der Waals surface area contributed by atoms with E-state index in [-0.39, 0.29) is 0 Å². The van der Waals surface area contributed by atoms with Crippen molar-refractivity contribution < 1.29 is 5.11 Å². The van der Waals surface area contributed by atoms with E-state index in [0.29, 0.717) is 0 Å². The van der Waals surface area contributed by atoms with E-state index in [1.807, 2.05) is 35.9 Å². The minimum atomic E-state index is -0.596. The Morgan fingerprint density at radius 2 is 2.07 bits per heavy atom. The molecule has 78 valence electrons. The fourth-order valence-electron chi connectivity index (χ4n) is 1.30. The molecule has 0 aliphatic rings. The maximum absolute atomic E-state index is 9.99. The monoisotopic (exact) mass is 237 g/mol. The summed E-state index contributed by atoms with van der Waals surface area (Å²) < 4.78 is 0. The molecule has 0 unspecified atom stereocenters. The van der Waals surface area contributed by atoms with Crippen LogP contribution in [0, 0.1) is 0 Å². The number of benzene rings is 1. The minimum absolute atomic E-state index is 0.596. The lowest BCUT2D eigenvalue weighted by atomic mass is 10.1. The van der Waals surface area contributed by atoms with Gasteiger partial charge in [0, 0.05) is 16.5 Å². The predicted molar refractivity (Wildman–Crippen MR) is 64.4 cm³/mol. The number of nitrogens with zero attached hydrogens (tertiary/aromatic N) is 1. The summed E-state index contributed by atoms with van der Waals surface area (Å²) in [4.78, 5) is 5.30. The number of thiazole rings is 1. The number of aromatic nitrogens is 1. The van der Waals surface area contributed by atoms with E-state index in [4.69, 9.17) is 0 Å². The molecule has 0 bridgehead atoms. The highest BCUT2D eigenvalue weighted by Gasteiger charge is 2.12. The van der Waals surface area contributed by atoms with Gasteiger partial charge in [-0.15, -0.1) is 23.1 Å². The summed E-state index contributed by atoms with van der Waals surface area (Å²) in [5.41, 5.74) is 0.891. The SMILES string of the molecule is CSc1ccc([C@@H](O)c2nccs2)cc1. The molecule has 2 rings (SSSR count). The fraction of sp³-hybridized carbons (Fsp3) is 0.182. The number of hydrogen-bond acceptors (Lipinski definition) is 4. The molecule has 0 amide bonds. The summed E-state index contributed by atoms with van der Waals surface area (Å²) in [6, 6.07) is 7.91. The number of hydrogen-bond donors (Lipinski definition) is 1. The molecule has 4 heteroatoms. The third-order valence-electron chi connectivity index (χ3n) is 2.12. The largest absolute Gasteiger partial charge is 0.381 e. The van der Waals surface area contributed by atoms with Crippen molar-refractivity contribution in [3.63, 3.8) is 0 Å². The van der Waals surface area contributed by atoms with Gasteiger partial charge in [-0.25, -0.2) is 4.98 Å². The summed E-state index contributed by atoms with van der Waals surface area (Å²) in [6.45, 7) is 0. The lowest BCUT2D eigenvalue weighted by Crippen LogP contribution is -1.98. The quantitative estimate of drug-likeness (QED) is 0.833. The van der Waals surface area contributed by atoms with Crippen molar-refractivity contribution in [1.82, 2.24) is 4.98 Å². The van der Waals surface area contributed by atoms with Crippen LogP contribution in [0.25, 0.3) is 0 Å². The van der Waals surface area contributed by atoms with Gasteiger partial charge in [-0.3, -0.25) is 0 Å². The predicted octanol–water partition coefficient (Wildman–Crippen LogP) is 2.95. The standard InChI is InChI=1S/C11H11NOS2/c1-14-9-4-2-8(3-5-9)10(13)11-12-6-7-15-11/h2-7,10,13H,1H3/t10-/m1/s1. The first kappa shape index (κ1) is 10.7. The lowest BCUT2D eigenvalue weighted by Gasteiger charge is -2.07. The van der Waals surface area contributed by atoms with Crippen LogP contribution in [-0.4, -0.2) is 16.3 Å². The van der Waals surface area contributed by atoms with Gasteiger partial charge in [0.15, 0.2) is 0 Å². The van der Waals surface area contributed by atoms with E-state index in [9.17, 15) is 5.11 Å². The molecule has 1 heterocycles. The Kier molecular flexibility index (Phi) is 3.41. The van der Waals surface area contributed by atoms with Crippen LogP contribution in [0.15, 0.2) is 40.7 Å². The highest BCUT2D eigenvalue weighted by molar-refractivity contribution is 7.98. The van der Waals surface area contributed by atoms with E-state index >= 15 is 0 Å². The van der Waals surface area contributed by atoms with E-state index in [0.717, 1.165) is 10.6 Å². The third-order valence-corrected chi connectivity index (χ3v) is 3.69. The van der Waals surface area contributed by atoms with Gasteiger partial charge in [-0.1, -0.05) is 12.1 Å². The average molecular weight is 237 g/mol. The first-order chi connectivity index (χ1) is 7.31. The highest BCUT2D eigenvalue weighted by atomic mass is 32.2. The molecule has 0 saturated heterocycles. The van der Waals surface area contributed by atoms with Gasteiger partial charge in [0.2, 0.25) is 0 Å². The molecule has 2 aromatic rings. The van der Waals surface area contributed by atoms with Crippen LogP contribution >= 0.6 is 23.1 Å². The van der Waals surface area contributed by atoms with Crippen LogP contribution in [0.4, 0.5) is 0 Å². The van der Waals surface area contributed by atoms with Crippen molar-refractivity contribution >= 4 is 23.1 Å². The Morgan fingerprint density at radius 3 is 2.60 bits per heavy atom. The van der Waals surface area contributed by atoms with E-state index in [1.165, 1.54) is 16.2 Å². The van der Waals surface area contributed by atoms with Crippen LogP contribution < -0.4 is 0 Å². The first-order valence-corrected chi connectivity index (χ1v) is 6.63. The van der Waals surface area contributed by atoms with Crippen molar-refractivity contribution in [3.8, 4) is 0 Å². The summed E-state index contributed by atoms with van der Waals surface area (Å²) in [5.74, 6) is 0. The van der Waals surface area contributed by atoms with E-state index < -0.39 is 6.10 Å². The average Bonchev–Trinajstić information content (AvgIpc) is 2.82.